The maximum Gasteiger partial charge on any atom is 0.0102 e. The van der Waals surface area contributed by atoms with Crippen molar-refractivity contribution in [1.82, 2.24) is 4.90 Å². The maximum atomic E-state index is 5.54. The van der Waals surface area contributed by atoms with Crippen molar-refractivity contribution >= 4 is 0 Å². The van der Waals surface area contributed by atoms with Gasteiger partial charge in [-0.25, -0.2) is 0 Å². The Bertz CT molecular complexity index is 139. The van der Waals surface area contributed by atoms with Crippen LogP contribution in [0.15, 0.2) is 0 Å². The predicted octanol–water partition coefficient (Wildman–Crippen LogP) is 1.85. The van der Waals surface area contributed by atoms with Gasteiger partial charge in [0.15, 0.2) is 0 Å². The molecular weight excluding hydrogens is 160 g/mol. The van der Waals surface area contributed by atoms with Gasteiger partial charge in [0.1, 0.15) is 0 Å². The second-order valence-corrected chi connectivity index (χ2v) is 4.90. The molecule has 0 aliphatic heterocycles. The molecule has 0 saturated heterocycles. The Balaban J connectivity index is 2.31. The molecule has 2 nitrogen and oxygen atoms in total. The van der Waals surface area contributed by atoms with E-state index in [1.165, 1.54) is 38.6 Å². The van der Waals surface area contributed by atoms with E-state index < -0.39 is 0 Å². The molecule has 1 aliphatic carbocycles. The van der Waals surface area contributed by atoms with Gasteiger partial charge in [-0.05, 0) is 25.3 Å². The normalized spacial score (nSPS) is 22.2. The van der Waals surface area contributed by atoms with Crippen molar-refractivity contribution < 1.29 is 0 Å². The smallest absolute Gasteiger partial charge is 0.0102 e. The monoisotopic (exact) mass is 184 g/mol. The van der Waals surface area contributed by atoms with Gasteiger partial charge in [-0.15, -0.1) is 0 Å². The molecule has 0 aromatic carbocycles. The predicted molar refractivity (Wildman–Crippen MR) is 57.7 cm³/mol. The molecule has 0 aromatic rings. The van der Waals surface area contributed by atoms with Crippen molar-refractivity contribution in [2.45, 2.75) is 39.0 Å². The minimum atomic E-state index is 0.572. The molecule has 0 unspecified atom stereocenters. The summed E-state index contributed by atoms with van der Waals surface area (Å²) in [4.78, 5) is 2.38. The van der Waals surface area contributed by atoms with Gasteiger partial charge < -0.3 is 10.6 Å². The summed E-state index contributed by atoms with van der Waals surface area (Å²) in [6, 6.07) is 0. The zero-order valence-corrected chi connectivity index (χ0v) is 9.18. The molecule has 78 valence electrons. The number of hydrogen-bond donors (Lipinski definition) is 1. The van der Waals surface area contributed by atoms with Crippen LogP contribution < -0.4 is 5.73 Å². The van der Waals surface area contributed by atoms with Crippen molar-refractivity contribution in [2.75, 3.05) is 26.7 Å². The van der Waals surface area contributed by atoms with E-state index in [0.717, 1.165) is 13.1 Å². The summed E-state index contributed by atoms with van der Waals surface area (Å²) in [6.45, 7) is 5.48. The summed E-state index contributed by atoms with van der Waals surface area (Å²) >= 11 is 0. The molecule has 13 heavy (non-hydrogen) atoms. The number of nitrogens with zero attached hydrogens (tertiary/aromatic N) is 1. The van der Waals surface area contributed by atoms with Gasteiger partial charge in [-0.2, -0.15) is 0 Å². The molecule has 0 bridgehead atoms. The van der Waals surface area contributed by atoms with Gasteiger partial charge in [0.25, 0.3) is 0 Å². The molecule has 1 rings (SSSR count). The molecule has 0 heterocycles. The average Bonchev–Trinajstić information content (AvgIpc) is 2.04. The fraction of sp³-hybridized carbons (Fsp3) is 1.00. The minimum Gasteiger partial charge on any atom is -0.329 e. The summed E-state index contributed by atoms with van der Waals surface area (Å²) in [7, 11) is 2.19. The number of rotatable bonds is 4. The van der Waals surface area contributed by atoms with E-state index in [2.05, 4.69) is 18.9 Å². The van der Waals surface area contributed by atoms with E-state index in [9.17, 15) is 0 Å². The summed E-state index contributed by atoms with van der Waals surface area (Å²) in [6.07, 6.45) is 7.10. The van der Waals surface area contributed by atoms with E-state index in [0.29, 0.717) is 5.41 Å². The third-order valence-electron chi connectivity index (χ3n) is 3.22. The number of likely N-dealkylation sites (N-methyl/N-ethyl adjacent to an activating group) is 1. The van der Waals surface area contributed by atoms with Crippen molar-refractivity contribution in [3.63, 3.8) is 0 Å². The molecule has 2 N–H and O–H groups in total. The van der Waals surface area contributed by atoms with Crippen LogP contribution in [0, 0.1) is 5.41 Å². The lowest BCUT2D eigenvalue weighted by molar-refractivity contribution is 0.141. The molecule has 0 atom stereocenters. The largest absolute Gasteiger partial charge is 0.329 e. The first kappa shape index (κ1) is 11.0. The van der Waals surface area contributed by atoms with Crippen LogP contribution in [0.2, 0.25) is 0 Å². The highest BCUT2D eigenvalue weighted by atomic mass is 15.1. The first-order chi connectivity index (χ1) is 6.16. The fourth-order valence-corrected chi connectivity index (χ4v) is 2.51. The molecule has 2 heteroatoms. The highest BCUT2D eigenvalue weighted by Gasteiger charge is 2.27. The van der Waals surface area contributed by atoms with Gasteiger partial charge in [-0.3, -0.25) is 0 Å². The first-order valence-corrected chi connectivity index (χ1v) is 5.55. The Morgan fingerprint density at radius 3 is 2.38 bits per heavy atom. The molecule has 0 radical (unpaired) electrons. The van der Waals surface area contributed by atoms with Crippen LogP contribution in [0.1, 0.15) is 39.0 Å². The van der Waals surface area contributed by atoms with E-state index >= 15 is 0 Å². The lowest BCUT2D eigenvalue weighted by Crippen LogP contribution is -2.37. The van der Waals surface area contributed by atoms with Gasteiger partial charge in [0, 0.05) is 19.6 Å². The Labute approximate surface area is 82.5 Å². The first-order valence-electron chi connectivity index (χ1n) is 5.55. The van der Waals surface area contributed by atoms with Crippen LogP contribution in [0.5, 0.6) is 0 Å². The lowest BCUT2D eigenvalue weighted by atomic mass is 9.75. The molecule has 1 aliphatic rings. The summed E-state index contributed by atoms with van der Waals surface area (Å²) < 4.78 is 0. The van der Waals surface area contributed by atoms with Crippen LogP contribution >= 0.6 is 0 Å². The highest BCUT2D eigenvalue weighted by molar-refractivity contribution is 4.81. The van der Waals surface area contributed by atoms with E-state index in [4.69, 9.17) is 5.73 Å². The molecule has 0 aromatic heterocycles. The summed E-state index contributed by atoms with van der Waals surface area (Å²) in [5.41, 5.74) is 6.11. The average molecular weight is 184 g/mol. The Hall–Kier alpha value is -0.0800. The third kappa shape index (κ3) is 3.65. The van der Waals surface area contributed by atoms with Crippen LogP contribution in [-0.4, -0.2) is 31.6 Å². The van der Waals surface area contributed by atoms with Gasteiger partial charge in [0.05, 0.1) is 0 Å². The molecule has 0 amide bonds. The molecular formula is C11H24N2. The van der Waals surface area contributed by atoms with E-state index in [1.54, 1.807) is 0 Å². The van der Waals surface area contributed by atoms with Crippen LogP contribution in [0.4, 0.5) is 0 Å². The topological polar surface area (TPSA) is 29.3 Å². The second-order valence-electron chi connectivity index (χ2n) is 4.90. The summed E-state index contributed by atoms with van der Waals surface area (Å²) in [5.74, 6) is 0. The Morgan fingerprint density at radius 1 is 1.23 bits per heavy atom. The molecule has 1 fully saturated rings. The van der Waals surface area contributed by atoms with Gasteiger partial charge in [0.2, 0.25) is 0 Å². The third-order valence-corrected chi connectivity index (χ3v) is 3.22. The van der Waals surface area contributed by atoms with Gasteiger partial charge in [-0.1, -0.05) is 26.2 Å². The van der Waals surface area contributed by atoms with Crippen LogP contribution in [-0.2, 0) is 0 Å². The zero-order valence-electron chi connectivity index (χ0n) is 9.18. The molecule has 0 spiro atoms. The van der Waals surface area contributed by atoms with E-state index in [1.807, 2.05) is 0 Å². The standard InChI is InChI=1S/C11H24N2/c1-11(6-4-3-5-7-11)10-13(2)9-8-12/h3-10,12H2,1-2H3. The Kier molecular flexibility index (Phi) is 4.20. The second kappa shape index (κ2) is 4.97. The van der Waals surface area contributed by atoms with Crippen molar-refractivity contribution in [1.29, 1.82) is 0 Å². The summed E-state index contributed by atoms with van der Waals surface area (Å²) in [5, 5.41) is 0. The maximum absolute atomic E-state index is 5.54. The SMILES string of the molecule is CN(CCN)CC1(C)CCCCC1. The highest BCUT2D eigenvalue weighted by Crippen LogP contribution is 2.35. The lowest BCUT2D eigenvalue weighted by Gasteiger charge is -2.37. The van der Waals surface area contributed by atoms with Crippen molar-refractivity contribution in [3.05, 3.63) is 0 Å². The quantitative estimate of drug-likeness (QED) is 0.722. The van der Waals surface area contributed by atoms with Crippen molar-refractivity contribution in [2.24, 2.45) is 11.1 Å². The van der Waals surface area contributed by atoms with Crippen LogP contribution in [0.3, 0.4) is 0 Å². The van der Waals surface area contributed by atoms with Crippen molar-refractivity contribution in [3.8, 4) is 0 Å². The van der Waals surface area contributed by atoms with E-state index in [-0.39, 0.29) is 0 Å². The van der Waals surface area contributed by atoms with Crippen LogP contribution in [0.25, 0.3) is 0 Å². The van der Waals surface area contributed by atoms with Gasteiger partial charge >= 0.3 is 0 Å². The zero-order chi connectivity index (χ0) is 9.73. The minimum absolute atomic E-state index is 0.572. The Morgan fingerprint density at radius 2 is 1.85 bits per heavy atom. The molecule has 1 saturated carbocycles. The number of hydrogen-bond acceptors (Lipinski definition) is 2. The number of nitrogens with two attached hydrogens (primary N) is 1. The fourth-order valence-electron chi connectivity index (χ4n) is 2.51.